The topological polar surface area (TPSA) is 26.0 Å². The molecule has 0 amide bonds. The number of benzene rings is 1. The fourth-order valence-electron chi connectivity index (χ4n) is 1.58. The van der Waals surface area contributed by atoms with Crippen molar-refractivity contribution in [1.29, 1.82) is 0 Å². The molecule has 0 saturated carbocycles. The number of halogens is 1. The van der Waals surface area contributed by atoms with Crippen LogP contribution in [-0.2, 0) is 5.41 Å². The van der Waals surface area contributed by atoms with E-state index in [1.54, 1.807) is 0 Å². The third-order valence-corrected chi connectivity index (χ3v) is 3.52. The summed E-state index contributed by atoms with van der Waals surface area (Å²) in [5.74, 6) is 0.479. The van der Waals surface area contributed by atoms with Crippen molar-refractivity contribution in [2.75, 3.05) is 6.54 Å². The summed E-state index contributed by atoms with van der Waals surface area (Å²) < 4.78 is 0. The van der Waals surface area contributed by atoms with Crippen molar-refractivity contribution in [1.82, 2.24) is 0 Å². The smallest absolute Gasteiger partial charge is 0.0444 e. The summed E-state index contributed by atoms with van der Waals surface area (Å²) in [7, 11) is 0. The van der Waals surface area contributed by atoms with Gasteiger partial charge in [-0.15, -0.1) is 0 Å². The molecule has 1 aromatic carbocycles. The number of hydrogen-bond donors (Lipinski definition) is 1. The maximum absolute atomic E-state index is 6.18. The Balaban J connectivity index is 3.19. The summed E-state index contributed by atoms with van der Waals surface area (Å²) in [6.45, 7) is 7.14. The minimum absolute atomic E-state index is 0.0294. The van der Waals surface area contributed by atoms with Crippen molar-refractivity contribution in [3.8, 4) is 0 Å². The van der Waals surface area contributed by atoms with Gasteiger partial charge in [0.15, 0.2) is 0 Å². The molecular weight excluding hydrogens is 194 g/mol. The van der Waals surface area contributed by atoms with E-state index in [0.29, 0.717) is 12.5 Å². The molecule has 2 N–H and O–H groups in total. The molecule has 78 valence electrons. The predicted molar refractivity (Wildman–Crippen MR) is 62.7 cm³/mol. The van der Waals surface area contributed by atoms with Crippen LogP contribution in [0.4, 0.5) is 0 Å². The molecule has 0 aliphatic rings. The van der Waals surface area contributed by atoms with Crippen LogP contribution in [-0.4, -0.2) is 6.54 Å². The summed E-state index contributed by atoms with van der Waals surface area (Å²) in [5, 5.41) is 0.814. The Bertz CT molecular complexity index is 309. The van der Waals surface area contributed by atoms with E-state index in [9.17, 15) is 0 Å². The van der Waals surface area contributed by atoms with E-state index in [1.807, 2.05) is 18.2 Å². The van der Waals surface area contributed by atoms with Gasteiger partial charge in [-0.25, -0.2) is 0 Å². The molecule has 0 fully saturated rings. The van der Waals surface area contributed by atoms with Crippen molar-refractivity contribution in [2.24, 2.45) is 11.7 Å². The third-order valence-electron chi connectivity index (χ3n) is 3.19. The van der Waals surface area contributed by atoms with E-state index in [1.165, 1.54) is 0 Å². The molecule has 1 unspecified atom stereocenters. The lowest BCUT2D eigenvalue weighted by molar-refractivity contribution is 0.347. The maximum Gasteiger partial charge on any atom is 0.0444 e. The standard InChI is InChI=1S/C12H18ClN/c1-9(2)12(3,8-14)10-6-4-5-7-11(10)13/h4-7,9H,8,14H2,1-3H3. The zero-order valence-corrected chi connectivity index (χ0v) is 9.81. The van der Waals surface area contributed by atoms with Gasteiger partial charge in [0.2, 0.25) is 0 Å². The summed E-state index contributed by atoms with van der Waals surface area (Å²) in [6.07, 6.45) is 0. The minimum atomic E-state index is -0.0294. The molecule has 0 radical (unpaired) electrons. The summed E-state index contributed by atoms with van der Waals surface area (Å²) >= 11 is 6.18. The molecule has 1 nitrogen and oxygen atoms in total. The Hall–Kier alpha value is -0.530. The highest BCUT2D eigenvalue weighted by Gasteiger charge is 2.30. The fraction of sp³-hybridized carbons (Fsp3) is 0.500. The summed E-state index contributed by atoms with van der Waals surface area (Å²) in [6, 6.07) is 7.95. The van der Waals surface area contributed by atoms with Gasteiger partial charge in [-0.05, 0) is 17.5 Å². The van der Waals surface area contributed by atoms with E-state index >= 15 is 0 Å². The molecule has 1 rings (SSSR count). The van der Waals surface area contributed by atoms with Crippen LogP contribution in [0.25, 0.3) is 0 Å². The summed E-state index contributed by atoms with van der Waals surface area (Å²) in [5.41, 5.74) is 6.97. The molecule has 1 atom stereocenters. The second-order valence-corrected chi connectivity index (χ2v) is 4.66. The Labute approximate surface area is 91.3 Å². The largest absolute Gasteiger partial charge is 0.330 e. The van der Waals surface area contributed by atoms with Crippen molar-refractivity contribution < 1.29 is 0 Å². The van der Waals surface area contributed by atoms with Gasteiger partial charge in [-0.2, -0.15) is 0 Å². The normalized spacial score (nSPS) is 15.6. The first-order chi connectivity index (χ1) is 6.52. The molecule has 2 heteroatoms. The van der Waals surface area contributed by atoms with Gasteiger partial charge < -0.3 is 5.73 Å². The Morgan fingerprint density at radius 3 is 2.36 bits per heavy atom. The molecule has 0 saturated heterocycles. The van der Waals surface area contributed by atoms with E-state index in [2.05, 4.69) is 26.8 Å². The Kier molecular flexibility index (Phi) is 3.57. The molecule has 0 bridgehead atoms. The average molecular weight is 212 g/mol. The minimum Gasteiger partial charge on any atom is -0.330 e. The highest BCUT2D eigenvalue weighted by molar-refractivity contribution is 6.31. The van der Waals surface area contributed by atoms with Crippen LogP contribution in [0.3, 0.4) is 0 Å². The van der Waals surface area contributed by atoms with Gasteiger partial charge in [0.25, 0.3) is 0 Å². The van der Waals surface area contributed by atoms with E-state index in [-0.39, 0.29) is 5.41 Å². The van der Waals surface area contributed by atoms with Crippen molar-refractivity contribution in [2.45, 2.75) is 26.2 Å². The Morgan fingerprint density at radius 2 is 1.93 bits per heavy atom. The van der Waals surface area contributed by atoms with Crippen LogP contribution in [0.1, 0.15) is 26.3 Å². The third kappa shape index (κ3) is 1.94. The second kappa shape index (κ2) is 4.33. The molecule has 0 aliphatic carbocycles. The van der Waals surface area contributed by atoms with Crippen LogP contribution in [0.5, 0.6) is 0 Å². The van der Waals surface area contributed by atoms with Gasteiger partial charge in [0, 0.05) is 17.0 Å². The average Bonchev–Trinajstić information content (AvgIpc) is 2.17. The number of rotatable bonds is 3. The van der Waals surface area contributed by atoms with Crippen molar-refractivity contribution >= 4 is 11.6 Å². The molecule has 0 aliphatic heterocycles. The highest BCUT2D eigenvalue weighted by Crippen LogP contribution is 2.35. The van der Waals surface area contributed by atoms with Gasteiger partial charge >= 0.3 is 0 Å². The molecular formula is C12H18ClN. The highest BCUT2D eigenvalue weighted by atomic mass is 35.5. The van der Waals surface area contributed by atoms with Crippen molar-refractivity contribution in [3.63, 3.8) is 0 Å². The second-order valence-electron chi connectivity index (χ2n) is 4.26. The summed E-state index contributed by atoms with van der Waals surface area (Å²) in [4.78, 5) is 0. The fourth-order valence-corrected chi connectivity index (χ4v) is 1.93. The first-order valence-corrected chi connectivity index (χ1v) is 5.35. The zero-order chi connectivity index (χ0) is 10.8. The van der Waals surface area contributed by atoms with Gasteiger partial charge in [-0.3, -0.25) is 0 Å². The molecule has 0 spiro atoms. The predicted octanol–water partition coefficient (Wildman–Crippen LogP) is 3.21. The van der Waals surface area contributed by atoms with Crippen LogP contribution in [0.15, 0.2) is 24.3 Å². The number of hydrogen-bond acceptors (Lipinski definition) is 1. The lowest BCUT2D eigenvalue weighted by atomic mass is 9.73. The van der Waals surface area contributed by atoms with E-state index < -0.39 is 0 Å². The lowest BCUT2D eigenvalue weighted by Crippen LogP contribution is -2.37. The molecule has 0 aromatic heterocycles. The lowest BCUT2D eigenvalue weighted by Gasteiger charge is -2.33. The number of nitrogens with two attached hydrogens (primary N) is 1. The first kappa shape index (κ1) is 11.5. The van der Waals surface area contributed by atoms with Gasteiger partial charge in [0.05, 0.1) is 0 Å². The van der Waals surface area contributed by atoms with Gasteiger partial charge in [-0.1, -0.05) is 50.6 Å². The van der Waals surface area contributed by atoms with E-state index in [4.69, 9.17) is 17.3 Å². The molecule has 14 heavy (non-hydrogen) atoms. The first-order valence-electron chi connectivity index (χ1n) is 4.97. The van der Waals surface area contributed by atoms with Crippen LogP contribution in [0, 0.1) is 5.92 Å². The van der Waals surface area contributed by atoms with Gasteiger partial charge in [0.1, 0.15) is 0 Å². The van der Waals surface area contributed by atoms with E-state index in [0.717, 1.165) is 10.6 Å². The SMILES string of the molecule is CC(C)C(C)(CN)c1ccccc1Cl. The quantitative estimate of drug-likeness (QED) is 0.817. The molecule has 1 aromatic rings. The van der Waals surface area contributed by atoms with Crippen LogP contribution in [0.2, 0.25) is 5.02 Å². The molecule has 0 heterocycles. The van der Waals surface area contributed by atoms with Crippen LogP contribution < -0.4 is 5.73 Å². The van der Waals surface area contributed by atoms with Crippen molar-refractivity contribution in [3.05, 3.63) is 34.9 Å². The maximum atomic E-state index is 6.18. The zero-order valence-electron chi connectivity index (χ0n) is 9.05. The Morgan fingerprint density at radius 1 is 1.36 bits per heavy atom. The monoisotopic (exact) mass is 211 g/mol. The van der Waals surface area contributed by atoms with Crippen LogP contribution >= 0.6 is 11.6 Å².